The first-order valence-corrected chi connectivity index (χ1v) is 10.1. The SMILES string of the molecule is O=C(Nc1ccccc1C(=O)N1CCSCC1)c1ccc(F)cc1-n1cnnn1. The molecule has 1 fully saturated rings. The molecule has 8 nitrogen and oxygen atoms in total. The van der Waals surface area contributed by atoms with Crippen LogP contribution in [0.4, 0.5) is 10.1 Å². The Hall–Kier alpha value is -3.27. The second-order valence-electron chi connectivity index (χ2n) is 6.32. The van der Waals surface area contributed by atoms with Crippen LogP contribution in [0.15, 0.2) is 48.8 Å². The molecule has 0 radical (unpaired) electrons. The van der Waals surface area contributed by atoms with E-state index in [1.807, 2.05) is 11.8 Å². The molecule has 4 rings (SSSR count). The minimum Gasteiger partial charge on any atom is -0.337 e. The van der Waals surface area contributed by atoms with Gasteiger partial charge < -0.3 is 10.2 Å². The molecule has 1 saturated heterocycles. The minimum absolute atomic E-state index is 0.124. The number of carbonyl (C=O) groups is 2. The molecule has 3 aromatic rings. The molecule has 0 saturated carbocycles. The summed E-state index contributed by atoms with van der Waals surface area (Å²) in [6, 6.07) is 10.6. The van der Waals surface area contributed by atoms with Crippen LogP contribution in [0.25, 0.3) is 5.69 Å². The van der Waals surface area contributed by atoms with Crippen molar-refractivity contribution in [2.45, 2.75) is 0 Å². The summed E-state index contributed by atoms with van der Waals surface area (Å²) in [6.45, 7) is 1.35. The van der Waals surface area contributed by atoms with Crippen molar-refractivity contribution in [2.75, 3.05) is 29.9 Å². The molecule has 0 atom stereocenters. The highest BCUT2D eigenvalue weighted by molar-refractivity contribution is 7.99. The lowest BCUT2D eigenvalue weighted by molar-refractivity contribution is 0.0773. The molecule has 2 aromatic carbocycles. The Labute approximate surface area is 170 Å². The van der Waals surface area contributed by atoms with E-state index in [4.69, 9.17) is 0 Å². The molecule has 1 aliphatic rings. The number of hydrogen-bond donors (Lipinski definition) is 1. The van der Waals surface area contributed by atoms with E-state index < -0.39 is 11.7 Å². The number of nitrogens with one attached hydrogen (secondary N) is 1. The Kier molecular flexibility index (Phi) is 5.52. The third kappa shape index (κ3) is 4.11. The summed E-state index contributed by atoms with van der Waals surface area (Å²) in [7, 11) is 0. The number of amides is 2. The summed E-state index contributed by atoms with van der Waals surface area (Å²) < 4.78 is 14.9. The smallest absolute Gasteiger partial charge is 0.257 e. The maximum Gasteiger partial charge on any atom is 0.257 e. The van der Waals surface area contributed by atoms with Gasteiger partial charge in [-0.2, -0.15) is 16.4 Å². The van der Waals surface area contributed by atoms with Crippen LogP contribution in [0.1, 0.15) is 20.7 Å². The number of aromatic nitrogens is 4. The predicted octanol–water partition coefficient (Wildman–Crippen LogP) is 2.24. The first-order valence-electron chi connectivity index (χ1n) is 8.94. The standard InChI is InChI=1S/C19H17FN6O2S/c20-13-5-6-15(17(11-13)26-12-21-23-24-26)18(27)22-16-4-2-1-3-14(16)19(28)25-7-9-29-10-8-25/h1-6,11-12H,7-10H2,(H,22,27). The van der Waals surface area contributed by atoms with Gasteiger partial charge in [-0.3, -0.25) is 9.59 Å². The number of halogens is 1. The van der Waals surface area contributed by atoms with Gasteiger partial charge in [-0.05, 0) is 34.7 Å². The minimum atomic E-state index is -0.523. The van der Waals surface area contributed by atoms with Gasteiger partial charge in [0.25, 0.3) is 11.8 Å². The monoisotopic (exact) mass is 412 g/mol. The van der Waals surface area contributed by atoms with Crippen molar-refractivity contribution < 1.29 is 14.0 Å². The van der Waals surface area contributed by atoms with Crippen LogP contribution in [-0.4, -0.2) is 61.5 Å². The van der Waals surface area contributed by atoms with Crippen molar-refractivity contribution in [1.29, 1.82) is 0 Å². The van der Waals surface area contributed by atoms with Gasteiger partial charge >= 0.3 is 0 Å². The normalized spacial score (nSPS) is 13.9. The number of para-hydroxylation sites is 1. The van der Waals surface area contributed by atoms with Gasteiger partial charge in [0.1, 0.15) is 12.1 Å². The van der Waals surface area contributed by atoms with Crippen LogP contribution in [0.5, 0.6) is 0 Å². The average molecular weight is 412 g/mol. The molecule has 1 aliphatic heterocycles. The Morgan fingerprint density at radius 2 is 1.86 bits per heavy atom. The lowest BCUT2D eigenvalue weighted by Crippen LogP contribution is -2.38. The third-order valence-corrected chi connectivity index (χ3v) is 5.45. The van der Waals surface area contributed by atoms with Crippen LogP contribution >= 0.6 is 11.8 Å². The fourth-order valence-electron chi connectivity index (χ4n) is 3.06. The van der Waals surface area contributed by atoms with Gasteiger partial charge in [-0.1, -0.05) is 12.1 Å². The van der Waals surface area contributed by atoms with Crippen molar-refractivity contribution in [3.8, 4) is 5.69 Å². The maximum atomic E-state index is 13.7. The Balaban J connectivity index is 1.63. The molecular weight excluding hydrogens is 395 g/mol. The summed E-state index contributed by atoms with van der Waals surface area (Å²) in [5.74, 6) is 0.646. The molecule has 0 spiro atoms. The van der Waals surface area contributed by atoms with E-state index in [2.05, 4.69) is 20.8 Å². The van der Waals surface area contributed by atoms with Gasteiger partial charge in [0.15, 0.2) is 0 Å². The van der Waals surface area contributed by atoms with Gasteiger partial charge in [-0.25, -0.2) is 4.39 Å². The van der Waals surface area contributed by atoms with Crippen LogP contribution in [0.3, 0.4) is 0 Å². The first-order chi connectivity index (χ1) is 14.1. The lowest BCUT2D eigenvalue weighted by Gasteiger charge is -2.27. The largest absolute Gasteiger partial charge is 0.337 e. The summed E-state index contributed by atoms with van der Waals surface area (Å²) in [5, 5.41) is 13.6. The van der Waals surface area contributed by atoms with Gasteiger partial charge in [0.2, 0.25) is 0 Å². The zero-order valence-corrected chi connectivity index (χ0v) is 16.1. The Bertz CT molecular complexity index is 1040. The highest BCUT2D eigenvalue weighted by Crippen LogP contribution is 2.22. The Morgan fingerprint density at radius 1 is 1.07 bits per heavy atom. The molecule has 10 heteroatoms. The van der Waals surface area contributed by atoms with Crippen molar-refractivity contribution >= 4 is 29.3 Å². The molecule has 0 bridgehead atoms. The second kappa shape index (κ2) is 8.39. The number of anilines is 1. The van der Waals surface area contributed by atoms with E-state index in [9.17, 15) is 14.0 Å². The van der Waals surface area contributed by atoms with Crippen molar-refractivity contribution in [3.05, 3.63) is 65.7 Å². The second-order valence-corrected chi connectivity index (χ2v) is 7.54. The molecule has 0 unspecified atom stereocenters. The van der Waals surface area contributed by atoms with E-state index in [-0.39, 0.29) is 17.2 Å². The maximum absolute atomic E-state index is 13.7. The molecule has 1 aromatic heterocycles. The average Bonchev–Trinajstić information content (AvgIpc) is 3.29. The van der Waals surface area contributed by atoms with Crippen LogP contribution < -0.4 is 5.32 Å². The summed E-state index contributed by atoms with van der Waals surface area (Å²) in [4.78, 5) is 27.7. The quantitative estimate of drug-likeness (QED) is 0.707. The number of rotatable bonds is 4. The summed E-state index contributed by atoms with van der Waals surface area (Å²) in [6.07, 6.45) is 1.28. The molecule has 148 valence electrons. The number of benzene rings is 2. The Morgan fingerprint density at radius 3 is 2.62 bits per heavy atom. The van der Waals surface area contributed by atoms with Crippen molar-refractivity contribution in [3.63, 3.8) is 0 Å². The summed E-state index contributed by atoms with van der Waals surface area (Å²) in [5.41, 5.74) is 1.19. The van der Waals surface area contributed by atoms with E-state index in [1.54, 1.807) is 29.2 Å². The number of hydrogen-bond acceptors (Lipinski definition) is 6. The molecule has 29 heavy (non-hydrogen) atoms. The zero-order valence-electron chi connectivity index (χ0n) is 15.3. The topological polar surface area (TPSA) is 93.0 Å². The number of carbonyl (C=O) groups excluding carboxylic acids is 2. The summed E-state index contributed by atoms with van der Waals surface area (Å²) >= 11 is 1.81. The predicted molar refractivity (Wildman–Crippen MR) is 107 cm³/mol. The number of tetrazole rings is 1. The van der Waals surface area contributed by atoms with Gasteiger partial charge in [0.05, 0.1) is 22.5 Å². The van der Waals surface area contributed by atoms with Gasteiger partial charge in [-0.15, -0.1) is 5.10 Å². The number of nitrogens with zero attached hydrogens (tertiary/aromatic N) is 5. The molecule has 2 heterocycles. The van der Waals surface area contributed by atoms with Gasteiger partial charge in [0, 0.05) is 30.7 Å². The van der Waals surface area contributed by atoms with Crippen molar-refractivity contribution in [2.24, 2.45) is 0 Å². The molecule has 0 aliphatic carbocycles. The fraction of sp³-hybridized carbons (Fsp3) is 0.211. The van der Waals surface area contributed by atoms with Crippen LogP contribution in [-0.2, 0) is 0 Å². The van der Waals surface area contributed by atoms with E-state index >= 15 is 0 Å². The highest BCUT2D eigenvalue weighted by Gasteiger charge is 2.22. The molecule has 2 amide bonds. The van der Waals surface area contributed by atoms with E-state index in [0.717, 1.165) is 11.5 Å². The fourth-order valence-corrected chi connectivity index (χ4v) is 3.97. The lowest BCUT2D eigenvalue weighted by atomic mass is 10.1. The zero-order chi connectivity index (χ0) is 20.2. The van der Waals surface area contributed by atoms with E-state index in [1.165, 1.54) is 29.2 Å². The molecular formula is C19H17FN6O2S. The van der Waals surface area contributed by atoms with Crippen molar-refractivity contribution in [1.82, 2.24) is 25.1 Å². The van der Waals surface area contributed by atoms with E-state index in [0.29, 0.717) is 24.3 Å². The third-order valence-electron chi connectivity index (χ3n) is 4.50. The first kappa shape index (κ1) is 19.1. The van der Waals surface area contributed by atoms with Crippen LogP contribution in [0.2, 0.25) is 0 Å². The van der Waals surface area contributed by atoms with Crippen LogP contribution in [0, 0.1) is 5.82 Å². The highest BCUT2D eigenvalue weighted by atomic mass is 32.2. The number of thioether (sulfide) groups is 1. The molecule has 1 N–H and O–H groups in total.